The van der Waals surface area contributed by atoms with Crippen LogP contribution in [0.15, 0.2) is 24.3 Å². The van der Waals surface area contributed by atoms with E-state index in [1.807, 2.05) is 0 Å². The second kappa shape index (κ2) is 3.52. The van der Waals surface area contributed by atoms with E-state index in [2.05, 4.69) is 25.0 Å². The van der Waals surface area contributed by atoms with Gasteiger partial charge in [-0.1, -0.05) is 24.3 Å². The molecule has 2 saturated heterocycles. The zero-order chi connectivity index (χ0) is 10.2. The van der Waals surface area contributed by atoms with Crippen molar-refractivity contribution < 1.29 is 4.74 Å². The molecular weight excluding hydrogens is 174 g/mol. The van der Waals surface area contributed by atoms with E-state index in [9.17, 15) is 0 Å². The normalized spacial score (nSPS) is 25.8. The minimum absolute atomic E-state index is 0.212. The molecule has 0 unspecified atom stereocenters. The van der Waals surface area contributed by atoms with Crippen molar-refractivity contribution in [3.8, 4) is 0 Å². The fraction of sp³-hybridized carbons (Fsp3) is 0.667. The minimum Gasteiger partial charge on any atom is -0.380 e. The molecule has 0 bridgehead atoms. The molecule has 14 heavy (non-hydrogen) atoms. The second-order valence-corrected chi connectivity index (χ2v) is 4.57. The Morgan fingerprint density at radius 2 is 1.86 bits per heavy atom. The van der Waals surface area contributed by atoms with Gasteiger partial charge in [-0.15, -0.1) is 0 Å². The SMILES string of the molecule is C=C1CN2CC(=C)CC2(COCC)C1. The Morgan fingerprint density at radius 1 is 1.29 bits per heavy atom. The highest BCUT2D eigenvalue weighted by Gasteiger charge is 2.47. The van der Waals surface area contributed by atoms with Crippen molar-refractivity contribution in [2.45, 2.75) is 25.3 Å². The Morgan fingerprint density at radius 3 is 2.36 bits per heavy atom. The summed E-state index contributed by atoms with van der Waals surface area (Å²) in [7, 11) is 0. The van der Waals surface area contributed by atoms with Crippen LogP contribution in [-0.4, -0.2) is 36.7 Å². The predicted molar refractivity (Wildman–Crippen MR) is 58.3 cm³/mol. The molecule has 0 N–H and O–H groups in total. The predicted octanol–water partition coefficient (Wildman–Crippen LogP) is 1.98. The zero-order valence-corrected chi connectivity index (χ0v) is 9.01. The fourth-order valence-electron chi connectivity index (χ4n) is 2.75. The molecule has 78 valence electrons. The Bertz CT molecular complexity index is 249. The van der Waals surface area contributed by atoms with Gasteiger partial charge in [0.05, 0.1) is 12.1 Å². The Labute approximate surface area is 86.2 Å². The lowest BCUT2D eigenvalue weighted by atomic mass is 9.92. The van der Waals surface area contributed by atoms with Crippen LogP contribution in [0.2, 0.25) is 0 Å². The van der Waals surface area contributed by atoms with E-state index in [1.54, 1.807) is 0 Å². The average Bonchev–Trinajstić information content (AvgIpc) is 2.53. The van der Waals surface area contributed by atoms with Crippen molar-refractivity contribution in [2.24, 2.45) is 0 Å². The number of ether oxygens (including phenoxy) is 1. The molecular formula is C12H19NO. The van der Waals surface area contributed by atoms with Gasteiger partial charge < -0.3 is 4.74 Å². The van der Waals surface area contributed by atoms with Crippen molar-refractivity contribution >= 4 is 0 Å². The number of hydrogen-bond acceptors (Lipinski definition) is 2. The fourth-order valence-corrected chi connectivity index (χ4v) is 2.75. The second-order valence-electron chi connectivity index (χ2n) is 4.57. The first-order chi connectivity index (χ1) is 6.66. The number of fused-ring (bicyclic) bond motifs is 1. The summed E-state index contributed by atoms with van der Waals surface area (Å²) in [6.07, 6.45) is 2.18. The summed E-state index contributed by atoms with van der Waals surface area (Å²) < 4.78 is 5.59. The van der Waals surface area contributed by atoms with Crippen LogP contribution in [0.4, 0.5) is 0 Å². The van der Waals surface area contributed by atoms with Crippen LogP contribution in [0.25, 0.3) is 0 Å². The quantitative estimate of drug-likeness (QED) is 0.635. The Kier molecular flexibility index (Phi) is 2.50. The third kappa shape index (κ3) is 1.53. The molecule has 2 aliphatic rings. The van der Waals surface area contributed by atoms with Gasteiger partial charge in [-0.3, -0.25) is 4.90 Å². The molecule has 0 amide bonds. The maximum Gasteiger partial charge on any atom is 0.0656 e. The molecule has 2 heteroatoms. The molecule has 2 rings (SSSR count). The van der Waals surface area contributed by atoms with E-state index in [0.29, 0.717) is 0 Å². The van der Waals surface area contributed by atoms with Gasteiger partial charge in [-0.25, -0.2) is 0 Å². The van der Waals surface area contributed by atoms with Crippen LogP contribution < -0.4 is 0 Å². The van der Waals surface area contributed by atoms with E-state index in [-0.39, 0.29) is 5.54 Å². The molecule has 2 nitrogen and oxygen atoms in total. The molecule has 0 aromatic rings. The number of hydrogen-bond donors (Lipinski definition) is 0. The van der Waals surface area contributed by atoms with E-state index >= 15 is 0 Å². The summed E-state index contributed by atoms with van der Waals surface area (Å²) in [6.45, 7) is 13.9. The minimum atomic E-state index is 0.212. The topological polar surface area (TPSA) is 12.5 Å². The molecule has 0 aromatic carbocycles. The monoisotopic (exact) mass is 193 g/mol. The first-order valence-corrected chi connectivity index (χ1v) is 5.32. The van der Waals surface area contributed by atoms with E-state index in [4.69, 9.17) is 4.74 Å². The highest BCUT2D eigenvalue weighted by atomic mass is 16.5. The van der Waals surface area contributed by atoms with Crippen molar-refractivity contribution in [1.29, 1.82) is 0 Å². The molecule has 2 heterocycles. The van der Waals surface area contributed by atoms with Crippen LogP contribution in [-0.2, 0) is 4.74 Å². The van der Waals surface area contributed by atoms with Gasteiger partial charge in [0.15, 0.2) is 0 Å². The van der Waals surface area contributed by atoms with Crippen LogP contribution in [0, 0.1) is 0 Å². The van der Waals surface area contributed by atoms with E-state index in [1.165, 1.54) is 11.1 Å². The van der Waals surface area contributed by atoms with Gasteiger partial charge in [0.2, 0.25) is 0 Å². The largest absolute Gasteiger partial charge is 0.380 e. The van der Waals surface area contributed by atoms with Gasteiger partial charge in [0.1, 0.15) is 0 Å². The van der Waals surface area contributed by atoms with Gasteiger partial charge in [0.25, 0.3) is 0 Å². The Balaban J connectivity index is 2.12. The zero-order valence-electron chi connectivity index (χ0n) is 9.01. The summed E-state index contributed by atoms with van der Waals surface area (Å²) in [5, 5.41) is 0. The van der Waals surface area contributed by atoms with E-state index in [0.717, 1.165) is 39.1 Å². The van der Waals surface area contributed by atoms with Crippen molar-refractivity contribution in [3.63, 3.8) is 0 Å². The summed E-state index contributed by atoms with van der Waals surface area (Å²) in [4.78, 5) is 2.48. The van der Waals surface area contributed by atoms with Crippen molar-refractivity contribution in [3.05, 3.63) is 24.3 Å². The van der Waals surface area contributed by atoms with Crippen molar-refractivity contribution in [2.75, 3.05) is 26.3 Å². The third-order valence-electron chi connectivity index (χ3n) is 3.23. The average molecular weight is 193 g/mol. The molecule has 2 fully saturated rings. The van der Waals surface area contributed by atoms with Crippen LogP contribution in [0.5, 0.6) is 0 Å². The lowest BCUT2D eigenvalue weighted by Crippen LogP contribution is -2.42. The highest BCUT2D eigenvalue weighted by molar-refractivity contribution is 5.26. The smallest absolute Gasteiger partial charge is 0.0656 e. The van der Waals surface area contributed by atoms with Crippen LogP contribution in [0.1, 0.15) is 19.8 Å². The Hall–Kier alpha value is -0.600. The summed E-state index contributed by atoms with van der Waals surface area (Å²) in [5.74, 6) is 0. The molecule has 0 spiro atoms. The summed E-state index contributed by atoms with van der Waals surface area (Å²) in [6, 6.07) is 0. The molecule has 0 atom stereocenters. The van der Waals surface area contributed by atoms with Crippen LogP contribution >= 0.6 is 0 Å². The maximum atomic E-state index is 5.59. The van der Waals surface area contributed by atoms with Gasteiger partial charge in [-0.05, 0) is 19.8 Å². The lowest BCUT2D eigenvalue weighted by molar-refractivity contribution is 0.0420. The van der Waals surface area contributed by atoms with Gasteiger partial charge >= 0.3 is 0 Å². The standard InChI is InChI=1S/C12H19NO/c1-4-14-9-12-5-10(2)7-13(12)8-11(3)6-12/h2-9H2,1H3. The lowest BCUT2D eigenvalue weighted by Gasteiger charge is -2.30. The van der Waals surface area contributed by atoms with Crippen molar-refractivity contribution in [1.82, 2.24) is 4.90 Å². The van der Waals surface area contributed by atoms with E-state index < -0.39 is 0 Å². The van der Waals surface area contributed by atoms with Gasteiger partial charge in [0, 0.05) is 19.7 Å². The molecule has 2 aliphatic heterocycles. The number of nitrogens with zero attached hydrogens (tertiary/aromatic N) is 1. The van der Waals surface area contributed by atoms with Crippen LogP contribution in [0.3, 0.4) is 0 Å². The number of rotatable bonds is 3. The molecule has 0 aromatic heterocycles. The maximum absolute atomic E-state index is 5.59. The highest BCUT2D eigenvalue weighted by Crippen LogP contribution is 2.42. The summed E-state index contributed by atoms with van der Waals surface area (Å²) in [5.41, 5.74) is 2.90. The first-order valence-electron chi connectivity index (χ1n) is 5.32. The molecule has 0 radical (unpaired) electrons. The van der Waals surface area contributed by atoms with Gasteiger partial charge in [-0.2, -0.15) is 0 Å². The molecule has 0 aliphatic carbocycles. The summed E-state index contributed by atoms with van der Waals surface area (Å²) >= 11 is 0. The third-order valence-corrected chi connectivity index (χ3v) is 3.23. The molecule has 0 saturated carbocycles. The first kappa shape index (κ1) is 9.94.